The van der Waals surface area contributed by atoms with E-state index < -0.39 is 34.5 Å². The summed E-state index contributed by atoms with van der Waals surface area (Å²) < 4.78 is 66.9. The second-order valence-electron chi connectivity index (χ2n) is 4.06. The molecular formula is C10H17F3O5S. The first-order valence-corrected chi connectivity index (χ1v) is 7.32. The van der Waals surface area contributed by atoms with Gasteiger partial charge in [-0.15, -0.1) is 0 Å². The molecule has 0 aromatic rings. The van der Waals surface area contributed by atoms with Crippen LogP contribution in [0.15, 0.2) is 0 Å². The molecule has 114 valence electrons. The van der Waals surface area contributed by atoms with E-state index >= 15 is 0 Å². The zero-order valence-corrected chi connectivity index (χ0v) is 11.5. The van der Waals surface area contributed by atoms with E-state index in [1.165, 1.54) is 6.92 Å². The van der Waals surface area contributed by atoms with Gasteiger partial charge in [0.15, 0.2) is 9.84 Å². The van der Waals surface area contributed by atoms with E-state index in [1.807, 2.05) is 0 Å². The molecule has 1 unspecified atom stereocenters. The maximum atomic E-state index is 11.7. The van der Waals surface area contributed by atoms with Crippen molar-refractivity contribution < 1.29 is 35.9 Å². The summed E-state index contributed by atoms with van der Waals surface area (Å²) in [7, 11) is -2.36. The molecule has 0 amide bonds. The van der Waals surface area contributed by atoms with Crippen LogP contribution < -0.4 is 0 Å². The molecule has 5 nitrogen and oxygen atoms in total. The molecule has 0 radical (unpaired) electrons. The second kappa shape index (κ2) is 7.68. The Kier molecular flexibility index (Phi) is 7.35. The molecule has 0 aromatic heterocycles. The zero-order chi connectivity index (χ0) is 15.1. The lowest BCUT2D eigenvalue weighted by Crippen LogP contribution is -2.25. The number of carbonyl (C=O) groups excluding carboxylic acids is 1. The van der Waals surface area contributed by atoms with Gasteiger partial charge in [-0.25, -0.2) is 8.42 Å². The van der Waals surface area contributed by atoms with Crippen molar-refractivity contribution in [3.8, 4) is 0 Å². The van der Waals surface area contributed by atoms with Gasteiger partial charge in [0.1, 0.15) is 6.61 Å². The largest absolute Gasteiger partial charge is 0.469 e. The summed E-state index contributed by atoms with van der Waals surface area (Å²) in [5.74, 6) is -2.16. The van der Waals surface area contributed by atoms with Crippen molar-refractivity contribution in [2.45, 2.75) is 19.5 Å². The molecule has 0 aliphatic carbocycles. The number of halogens is 3. The van der Waals surface area contributed by atoms with Crippen molar-refractivity contribution in [2.24, 2.45) is 5.92 Å². The van der Waals surface area contributed by atoms with Crippen LogP contribution in [0.1, 0.15) is 13.3 Å². The maximum Gasteiger partial charge on any atom is 0.411 e. The second-order valence-corrected chi connectivity index (χ2v) is 6.29. The van der Waals surface area contributed by atoms with Crippen molar-refractivity contribution >= 4 is 15.8 Å². The molecule has 0 heterocycles. The van der Waals surface area contributed by atoms with Crippen LogP contribution >= 0.6 is 0 Å². The highest BCUT2D eigenvalue weighted by Crippen LogP contribution is 2.14. The van der Waals surface area contributed by atoms with Gasteiger partial charge >= 0.3 is 12.1 Å². The van der Waals surface area contributed by atoms with Crippen LogP contribution in [-0.2, 0) is 24.1 Å². The number of carbonyl (C=O) groups is 1. The van der Waals surface area contributed by atoms with Crippen LogP contribution in [0.4, 0.5) is 13.2 Å². The minimum atomic E-state index is -4.42. The SMILES string of the molecule is COC(=O)C(C)CS(=O)(=O)CCCOCC(F)(F)F. The highest BCUT2D eigenvalue weighted by Gasteiger charge is 2.27. The quantitative estimate of drug-likeness (QED) is 0.497. The van der Waals surface area contributed by atoms with E-state index in [9.17, 15) is 26.4 Å². The van der Waals surface area contributed by atoms with E-state index in [-0.39, 0.29) is 24.5 Å². The summed E-state index contributed by atoms with van der Waals surface area (Å²) in [4.78, 5) is 11.0. The summed E-state index contributed by atoms with van der Waals surface area (Å²) >= 11 is 0. The summed E-state index contributed by atoms with van der Waals surface area (Å²) in [6.45, 7) is -0.291. The first kappa shape index (κ1) is 18.2. The third-order valence-electron chi connectivity index (χ3n) is 2.12. The molecule has 0 fully saturated rings. The van der Waals surface area contributed by atoms with Gasteiger partial charge in [0.25, 0.3) is 0 Å². The standard InChI is InChI=1S/C10H17F3O5S/c1-8(9(14)17-2)6-19(15,16)5-3-4-18-7-10(11,12)13/h8H,3-7H2,1-2H3. The number of ether oxygens (including phenoxy) is 2. The molecule has 19 heavy (non-hydrogen) atoms. The molecule has 0 aliphatic rings. The van der Waals surface area contributed by atoms with Crippen LogP contribution in [0.3, 0.4) is 0 Å². The normalized spacial score (nSPS) is 14.2. The highest BCUT2D eigenvalue weighted by molar-refractivity contribution is 7.91. The summed E-state index contributed by atoms with van der Waals surface area (Å²) in [5.41, 5.74) is 0. The molecule has 0 aromatic carbocycles. The lowest BCUT2D eigenvalue weighted by atomic mass is 10.2. The highest BCUT2D eigenvalue weighted by atomic mass is 32.2. The fraction of sp³-hybridized carbons (Fsp3) is 0.900. The number of hydrogen-bond acceptors (Lipinski definition) is 5. The van der Waals surface area contributed by atoms with Crippen molar-refractivity contribution in [2.75, 3.05) is 31.8 Å². The maximum absolute atomic E-state index is 11.7. The van der Waals surface area contributed by atoms with Gasteiger partial charge in [-0.1, -0.05) is 6.92 Å². The van der Waals surface area contributed by atoms with E-state index in [4.69, 9.17) is 0 Å². The predicted molar refractivity (Wildman–Crippen MR) is 61.3 cm³/mol. The summed E-state index contributed by atoms with van der Waals surface area (Å²) in [6, 6.07) is 0. The van der Waals surface area contributed by atoms with Crippen molar-refractivity contribution in [1.29, 1.82) is 0 Å². The number of alkyl halides is 3. The Morgan fingerprint density at radius 2 is 1.89 bits per heavy atom. The molecule has 0 rings (SSSR count). The van der Waals surface area contributed by atoms with Crippen LogP contribution in [0.5, 0.6) is 0 Å². The topological polar surface area (TPSA) is 69.7 Å². The fourth-order valence-corrected chi connectivity index (χ4v) is 2.92. The Balaban J connectivity index is 3.95. The fourth-order valence-electron chi connectivity index (χ4n) is 1.30. The smallest absolute Gasteiger partial charge is 0.411 e. The average molecular weight is 306 g/mol. The average Bonchev–Trinajstić information content (AvgIpc) is 2.25. The third kappa shape index (κ3) is 9.71. The number of rotatable bonds is 8. The number of sulfone groups is 1. The van der Waals surface area contributed by atoms with Gasteiger partial charge in [0.05, 0.1) is 24.5 Å². The molecule has 0 saturated heterocycles. The van der Waals surface area contributed by atoms with Crippen molar-refractivity contribution in [3.05, 3.63) is 0 Å². The van der Waals surface area contributed by atoms with Gasteiger partial charge in [-0.3, -0.25) is 4.79 Å². The molecule has 0 N–H and O–H groups in total. The number of esters is 1. The first-order chi connectivity index (χ1) is 8.57. The van der Waals surface area contributed by atoms with Gasteiger partial charge < -0.3 is 9.47 Å². The van der Waals surface area contributed by atoms with Gasteiger partial charge in [0.2, 0.25) is 0 Å². The molecule has 0 spiro atoms. The molecular weight excluding hydrogens is 289 g/mol. The van der Waals surface area contributed by atoms with Gasteiger partial charge in [-0.05, 0) is 6.42 Å². The lowest BCUT2D eigenvalue weighted by Gasteiger charge is -2.10. The monoisotopic (exact) mass is 306 g/mol. The summed E-state index contributed by atoms with van der Waals surface area (Å²) in [5, 5.41) is 0. The number of methoxy groups -OCH3 is 1. The lowest BCUT2D eigenvalue weighted by molar-refractivity contribution is -0.173. The molecule has 9 heteroatoms. The third-order valence-corrected chi connectivity index (χ3v) is 4.04. The van der Waals surface area contributed by atoms with E-state index in [2.05, 4.69) is 9.47 Å². The van der Waals surface area contributed by atoms with Crippen LogP contribution in [-0.4, -0.2) is 52.4 Å². The van der Waals surface area contributed by atoms with E-state index in [0.717, 1.165) is 7.11 Å². The Labute approximate surface area is 110 Å². The van der Waals surface area contributed by atoms with E-state index in [1.54, 1.807) is 0 Å². The van der Waals surface area contributed by atoms with Crippen LogP contribution in [0.25, 0.3) is 0 Å². The Bertz CT molecular complexity index is 377. The van der Waals surface area contributed by atoms with Crippen molar-refractivity contribution in [3.63, 3.8) is 0 Å². The molecule has 0 bridgehead atoms. The Morgan fingerprint density at radius 3 is 2.37 bits per heavy atom. The molecule has 0 saturated carbocycles. The minimum absolute atomic E-state index is 0.0493. The summed E-state index contributed by atoms with van der Waals surface area (Å²) in [6.07, 6.45) is -4.47. The molecule has 1 atom stereocenters. The van der Waals surface area contributed by atoms with E-state index in [0.29, 0.717) is 0 Å². The minimum Gasteiger partial charge on any atom is -0.469 e. The van der Waals surface area contributed by atoms with Gasteiger partial charge in [-0.2, -0.15) is 13.2 Å². The van der Waals surface area contributed by atoms with Gasteiger partial charge in [0, 0.05) is 6.61 Å². The first-order valence-electron chi connectivity index (χ1n) is 5.50. The van der Waals surface area contributed by atoms with Crippen LogP contribution in [0.2, 0.25) is 0 Å². The number of hydrogen-bond donors (Lipinski definition) is 0. The Morgan fingerprint density at radius 1 is 1.32 bits per heavy atom. The zero-order valence-electron chi connectivity index (χ0n) is 10.7. The predicted octanol–water partition coefficient (Wildman–Crippen LogP) is 1.18. The van der Waals surface area contributed by atoms with Crippen LogP contribution in [0, 0.1) is 5.92 Å². The Hall–Kier alpha value is -0.830. The molecule has 0 aliphatic heterocycles. The van der Waals surface area contributed by atoms with Crippen molar-refractivity contribution in [1.82, 2.24) is 0 Å².